The van der Waals surface area contributed by atoms with Crippen LogP contribution in [0.3, 0.4) is 0 Å². The quantitative estimate of drug-likeness (QED) is 0.924. The van der Waals surface area contributed by atoms with Gasteiger partial charge in [-0.15, -0.1) is 0 Å². The third kappa shape index (κ3) is 3.34. The van der Waals surface area contributed by atoms with Crippen LogP contribution in [0.4, 0.5) is 13.2 Å². The molecule has 5 heteroatoms. The van der Waals surface area contributed by atoms with Crippen LogP contribution in [-0.4, -0.2) is 19.2 Å². The SMILES string of the molecule is CNCC1(Oc2ccc(C(F)(F)F)cc2)Cc2ccccc2C1. The van der Waals surface area contributed by atoms with Gasteiger partial charge in [0, 0.05) is 19.4 Å². The maximum absolute atomic E-state index is 12.6. The number of ether oxygens (including phenoxy) is 1. The van der Waals surface area contributed by atoms with Crippen LogP contribution in [0.25, 0.3) is 0 Å². The summed E-state index contributed by atoms with van der Waals surface area (Å²) in [5.74, 6) is 0.459. The zero-order valence-corrected chi connectivity index (χ0v) is 12.8. The number of fused-ring (bicyclic) bond motifs is 1. The second-order valence-corrected chi connectivity index (χ2v) is 5.96. The van der Waals surface area contributed by atoms with Crippen LogP contribution in [0.5, 0.6) is 5.75 Å². The van der Waals surface area contributed by atoms with Gasteiger partial charge in [-0.25, -0.2) is 0 Å². The second kappa shape index (κ2) is 5.89. The van der Waals surface area contributed by atoms with Crippen molar-refractivity contribution < 1.29 is 17.9 Å². The van der Waals surface area contributed by atoms with E-state index >= 15 is 0 Å². The Balaban J connectivity index is 1.82. The lowest BCUT2D eigenvalue weighted by Gasteiger charge is -2.30. The predicted octanol–water partition coefficient (Wildman–Crippen LogP) is 3.84. The fourth-order valence-corrected chi connectivity index (χ4v) is 3.18. The monoisotopic (exact) mass is 321 g/mol. The van der Waals surface area contributed by atoms with E-state index in [9.17, 15) is 13.2 Å². The first-order valence-electron chi connectivity index (χ1n) is 7.50. The Labute approximate surface area is 133 Å². The van der Waals surface area contributed by atoms with Crippen molar-refractivity contribution >= 4 is 0 Å². The Hall–Kier alpha value is -2.01. The summed E-state index contributed by atoms with van der Waals surface area (Å²) in [5, 5.41) is 3.14. The summed E-state index contributed by atoms with van der Waals surface area (Å²) < 4.78 is 44.1. The standard InChI is InChI=1S/C18H18F3NO/c1-22-12-17(10-13-4-2-3-5-14(13)11-17)23-16-8-6-15(7-9-16)18(19,20)21/h2-9,22H,10-12H2,1H3. The molecule has 0 radical (unpaired) electrons. The Morgan fingerprint density at radius 1 is 1.00 bits per heavy atom. The van der Waals surface area contributed by atoms with E-state index in [0.29, 0.717) is 12.3 Å². The van der Waals surface area contributed by atoms with Crippen LogP contribution in [0.15, 0.2) is 48.5 Å². The highest BCUT2D eigenvalue weighted by Gasteiger charge is 2.39. The van der Waals surface area contributed by atoms with Crippen molar-refractivity contribution in [2.24, 2.45) is 0 Å². The van der Waals surface area contributed by atoms with Gasteiger partial charge in [0.2, 0.25) is 0 Å². The van der Waals surface area contributed by atoms with Gasteiger partial charge < -0.3 is 10.1 Å². The topological polar surface area (TPSA) is 21.3 Å². The summed E-state index contributed by atoms with van der Waals surface area (Å²) in [6.07, 6.45) is -2.85. The van der Waals surface area contributed by atoms with Gasteiger partial charge in [-0.1, -0.05) is 24.3 Å². The van der Waals surface area contributed by atoms with Crippen molar-refractivity contribution in [1.82, 2.24) is 5.32 Å². The highest BCUT2D eigenvalue weighted by Crippen LogP contribution is 2.35. The molecule has 0 bridgehead atoms. The number of likely N-dealkylation sites (N-methyl/N-ethyl adjacent to an activating group) is 1. The van der Waals surface area contributed by atoms with E-state index in [-0.39, 0.29) is 0 Å². The van der Waals surface area contributed by atoms with E-state index in [2.05, 4.69) is 17.4 Å². The Kier molecular flexibility index (Phi) is 4.06. The first-order chi connectivity index (χ1) is 10.9. The molecule has 1 N–H and O–H groups in total. The zero-order valence-electron chi connectivity index (χ0n) is 12.8. The van der Waals surface area contributed by atoms with Gasteiger partial charge in [-0.05, 0) is 42.4 Å². The summed E-state index contributed by atoms with van der Waals surface area (Å²) in [7, 11) is 1.85. The lowest BCUT2D eigenvalue weighted by Crippen LogP contribution is -2.45. The fourth-order valence-electron chi connectivity index (χ4n) is 3.18. The van der Waals surface area contributed by atoms with E-state index in [1.807, 2.05) is 19.2 Å². The fraction of sp³-hybridized carbons (Fsp3) is 0.333. The lowest BCUT2D eigenvalue weighted by molar-refractivity contribution is -0.137. The van der Waals surface area contributed by atoms with Crippen LogP contribution in [0.2, 0.25) is 0 Å². The van der Waals surface area contributed by atoms with Gasteiger partial charge in [0.25, 0.3) is 0 Å². The smallest absolute Gasteiger partial charge is 0.416 e. The Morgan fingerprint density at radius 3 is 2.04 bits per heavy atom. The van der Waals surface area contributed by atoms with Crippen molar-refractivity contribution in [2.45, 2.75) is 24.6 Å². The molecular formula is C18H18F3NO. The zero-order chi connectivity index (χ0) is 16.5. The molecule has 0 saturated carbocycles. The van der Waals surface area contributed by atoms with E-state index in [4.69, 9.17) is 4.74 Å². The average molecular weight is 321 g/mol. The van der Waals surface area contributed by atoms with Gasteiger partial charge in [-0.2, -0.15) is 13.2 Å². The lowest BCUT2D eigenvalue weighted by atomic mass is 10.00. The van der Waals surface area contributed by atoms with Crippen molar-refractivity contribution in [1.29, 1.82) is 0 Å². The van der Waals surface area contributed by atoms with Gasteiger partial charge in [0.15, 0.2) is 0 Å². The van der Waals surface area contributed by atoms with Crippen LogP contribution in [0.1, 0.15) is 16.7 Å². The third-order valence-corrected chi connectivity index (χ3v) is 4.16. The molecule has 0 fully saturated rings. The molecule has 2 aromatic rings. The van der Waals surface area contributed by atoms with Crippen LogP contribution in [0, 0.1) is 0 Å². The number of nitrogens with one attached hydrogen (secondary N) is 1. The van der Waals surface area contributed by atoms with Crippen molar-refractivity contribution in [2.75, 3.05) is 13.6 Å². The van der Waals surface area contributed by atoms with Gasteiger partial charge >= 0.3 is 6.18 Å². The molecule has 2 nitrogen and oxygen atoms in total. The predicted molar refractivity (Wildman–Crippen MR) is 82.6 cm³/mol. The molecule has 23 heavy (non-hydrogen) atoms. The van der Waals surface area contributed by atoms with E-state index in [0.717, 1.165) is 25.0 Å². The summed E-state index contributed by atoms with van der Waals surface area (Å²) in [6.45, 7) is 0.628. The number of hydrogen-bond acceptors (Lipinski definition) is 2. The molecule has 0 unspecified atom stereocenters. The Bertz CT molecular complexity index is 654. The summed E-state index contributed by atoms with van der Waals surface area (Å²) in [5.41, 5.74) is 1.34. The molecule has 0 heterocycles. The van der Waals surface area contributed by atoms with E-state index in [1.54, 1.807) is 0 Å². The largest absolute Gasteiger partial charge is 0.485 e. The molecule has 0 atom stereocenters. The highest BCUT2D eigenvalue weighted by molar-refractivity contribution is 5.37. The number of benzene rings is 2. The van der Waals surface area contributed by atoms with Gasteiger partial charge in [0.1, 0.15) is 11.4 Å². The minimum Gasteiger partial charge on any atom is -0.485 e. The number of halogens is 3. The first kappa shape index (κ1) is 15.9. The summed E-state index contributed by atoms with van der Waals surface area (Å²) >= 11 is 0. The Morgan fingerprint density at radius 2 is 1.57 bits per heavy atom. The van der Waals surface area contributed by atoms with Crippen molar-refractivity contribution in [3.05, 3.63) is 65.2 Å². The molecule has 1 aliphatic rings. The molecule has 3 rings (SSSR count). The van der Waals surface area contributed by atoms with Crippen molar-refractivity contribution in [3.63, 3.8) is 0 Å². The molecular weight excluding hydrogens is 303 g/mol. The minimum atomic E-state index is -4.33. The number of hydrogen-bond donors (Lipinski definition) is 1. The highest BCUT2D eigenvalue weighted by atomic mass is 19.4. The van der Waals surface area contributed by atoms with Crippen LogP contribution in [-0.2, 0) is 19.0 Å². The molecule has 2 aromatic carbocycles. The number of alkyl halides is 3. The maximum Gasteiger partial charge on any atom is 0.416 e. The summed E-state index contributed by atoms with van der Waals surface area (Å²) in [4.78, 5) is 0. The van der Waals surface area contributed by atoms with E-state index < -0.39 is 17.3 Å². The third-order valence-electron chi connectivity index (χ3n) is 4.16. The molecule has 0 aliphatic heterocycles. The minimum absolute atomic E-state index is 0.459. The van der Waals surface area contributed by atoms with Gasteiger partial charge in [0.05, 0.1) is 5.56 Å². The molecule has 0 aromatic heterocycles. The molecule has 0 saturated heterocycles. The maximum atomic E-state index is 12.6. The second-order valence-electron chi connectivity index (χ2n) is 5.96. The molecule has 0 amide bonds. The van der Waals surface area contributed by atoms with E-state index in [1.165, 1.54) is 23.3 Å². The molecule has 0 spiro atoms. The van der Waals surface area contributed by atoms with Gasteiger partial charge in [-0.3, -0.25) is 0 Å². The first-order valence-corrected chi connectivity index (χ1v) is 7.50. The van der Waals surface area contributed by atoms with Crippen LogP contribution < -0.4 is 10.1 Å². The normalized spacial score (nSPS) is 16.2. The van der Waals surface area contributed by atoms with Crippen LogP contribution >= 0.6 is 0 Å². The molecule has 122 valence electrons. The average Bonchev–Trinajstić information content (AvgIpc) is 2.85. The summed E-state index contributed by atoms with van der Waals surface area (Å²) in [6, 6.07) is 13.0. The van der Waals surface area contributed by atoms with Crippen molar-refractivity contribution in [3.8, 4) is 5.75 Å². The number of rotatable bonds is 4. The molecule has 1 aliphatic carbocycles.